The lowest BCUT2D eigenvalue weighted by atomic mass is 9.99. The summed E-state index contributed by atoms with van der Waals surface area (Å²) in [5, 5.41) is 21.9. The van der Waals surface area contributed by atoms with E-state index in [1.54, 1.807) is 18.2 Å². The summed E-state index contributed by atoms with van der Waals surface area (Å²) in [4.78, 5) is 45.3. The summed E-state index contributed by atoms with van der Waals surface area (Å²) in [5.74, 6) is 0.305. The molecule has 4 aromatic rings. The average molecular weight is 555 g/mol. The fourth-order valence-corrected chi connectivity index (χ4v) is 5.05. The van der Waals surface area contributed by atoms with Gasteiger partial charge >= 0.3 is 6.09 Å². The normalized spacial score (nSPS) is 15.5. The van der Waals surface area contributed by atoms with Gasteiger partial charge in [0.2, 0.25) is 11.8 Å². The Hall–Kier alpha value is -5.06. The maximum absolute atomic E-state index is 14.1. The number of nitrogens with one attached hydrogen (secondary N) is 1. The topological polar surface area (TPSA) is 138 Å². The first-order valence-corrected chi connectivity index (χ1v) is 13.2. The van der Waals surface area contributed by atoms with Crippen LogP contribution < -0.4 is 15.0 Å². The summed E-state index contributed by atoms with van der Waals surface area (Å²) in [6, 6.07) is 15.5. The van der Waals surface area contributed by atoms with E-state index in [9.17, 15) is 19.5 Å². The van der Waals surface area contributed by atoms with Crippen molar-refractivity contribution in [3.63, 3.8) is 0 Å². The molecule has 210 valence electrons. The third kappa shape index (κ3) is 5.51. The van der Waals surface area contributed by atoms with Gasteiger partial charge in [0, 0.05) is 30.1 Å². The first-order valence-electron chi connectivity index (χ1n) is 13.2. The van der Waals surface area contributed by atoms with Gasteiger partial charge in [-0.25, -0.2) is 9.78 Å². The molecule has 2 N–H and O–H groups in total. The number of aromatic nitrogens is 3. The number of likely N-dealkylation sites (N-methyl/N-ethyl adjacent to an activating group) is 1. The van der Waals surface area contributed by atoms with Crippen molar-refractivity contribution in [2.24, 2.45) is 0 Å². The third-order valence-electron chi connectivity index (χ3n) is 7.49. The number of methoxy groups -OCH3 is 1. The Bertz CT molecular complexity index is 1610. The number of fused-ring (bicyclic) bond motifs is 2. The number of ether oxygens (including phenoxy) is 1. The number of amides is 3. The van der Waals surface area contributed by atoms with Crippen LogP contribution in [0, 0.1) is 0 Å². The van der Waals surface area contributed by atoms with Crippen LogP contribution in [-0.2, 0) is 22.6 Å². The van der Waals surface area contributed by atoms with Crippen molar-refractivity contribution < 1.29 is 24.2 Å². The van der Waals surface area contributed by atoms with Crippen LogP contribution in [0.4, 0.5) is 10.5 Å². The number of aryl methyl sites for hydroxylation is 1. The second-order valence-electron chi connectivity index (χ2n) is 9.87. The van der Waals surface area contributed by atoms with Crippen LogP contribution in [0.2, 0.25) is 0 Å². The lowest BCUT2D eigenvalue weighted by Gasteiger charge is -2.29. The van der Waals surface area contributed by atoms with E-state index in [1.165, 1.54) is 20.2 Å². The number of nitrogens with zero attached hydrogens (tertiary/aromatic N) is 5. The van der Waals surface area contributed by atoms with Crippen LogP contribution in [0.3, 0.4) is 0 Å². The zero-order chi connectivity index (χ0) is 29.1. The first-order chi connectivity index (χ1) is 19.8. The Morgan fingerprint density at radius 3 is 2.71 bits per heavy atom. The highest BCUT2D eigenvalue weighted by molar-refractivity contribution is 6.02. The molecule has 0 radical (unpaired) electrons. The highest BCUT2D eigenvalue weighted by Crippen LogP contribution is 2.35. The minimum atomic E-state index is -1.23. The fourth-order valence-electron chi connectivity index (χ4n) is 5.05. The summed E-state index contributed by atoms with van der Waals surface area (Å²) < 4.78 is 5.73. The molecule has 1 aliphatic rings. The summed E-state index contributed by atoms with van der Waals surface area (Å²) in [6.45, 7) is 1.68. The van der Waals surface area contributed by atoms with Crippen LogP contribution in [0.25, 0.3) is 22.2 Å². The molecule has 0 saturated heterocycles. The molecule has 5 rings (SSSR count). The van der Waals surface area contributed by atoms with E-state index in [-0.39, 0.29) is 12.5 Å². The molecular formula is C30H30N6O5. The Morgan fingerprint density at radius 1 is 1.17 bits per heavy atom. The summed E-state index contributed by atoms with van der Waals surface area (Å²) in [5.41, 5.74) is 3.34. The predicted octanol–water partition coefficient (Wildman–Crippen LogP) is 3.66. The molecule has 0 bridgehead atoms. The van der Waals surface area contributed by atoms with Gasteiger partial charge in [-0.05, 0) is 54.3 Å². The molecule has 41 heavy (non-hydrogen) atoms. The van der Waals surface area contributed by atoms with Crippen molar-refractivity contribution in [3.8, 4) is 17.1 Å². The van der Waals surface area contributed by atoms with Crippen LogP contribution in [0.5, 0.6) is 5.75 Å². The molecule has 0 unspecified atom stereocenters. The van der Waals surface area contributed by atoms with Crippen molar-refractivity contribution in [2.75, 3.05) is 19.1 Å². The summed E-state index contributed by atoms with van der Waals surface area (Å²) in [7, 11) is 2.91. The molecule has 3 amide bonds. The standard InChI is InChI=1S/C30H30N6O5/c1-18(35(2)30(39)40)28(37)33-24-12-9-19-6-4-5-7-25(19)36(29(24)38)17-23-22-11-8-21(27-31-14-15-32-34-27)16-20(22)10-13-26(23)41-3/h4-8,10-11,13-16,18,24H,9,12,17H2,1-3H3,(H,33,37)(H,39,40)/t18-,24-/m0/s1. The number of benzene rings is 3. The number of hydrogen-bond acceptors (Lipinski definition) is 7. The van der Waals surface area contributed by atoms with E-state index < -0.39 is 24.1 Å². The predicted molar refractivity (Wildman–Crippen MR) is 152 cm³/mol. The molecule has 2 atom stereocenters. The fraction of sp³-hybridized carbons (Fsp3) is 0.267. The van der Waals surface area contributed by atoms with Crippen LogP contribution in [0.15, 0.2) is 67.0 Å². The number of para-hydroxylation sites is 1. The van der Waals surface area contributed by atoms with E-state index in [0.717, 1.165) is 38.1 Å². The average Bonchev–Trinajstić information content (AvgIpc) is 3.12. The lowest BCUT2D eigenvalue weighted by molar-refractivity contribution is -0.130. The lowest BCUT2D eigenvalue weighted by Crippen LogP contribution is -2.53. The Morgan fingerprint density at radius 2 is 1.98 bits per heavy atom. The minimum absolute atomic E-state index is 0.191. The molecule has 0 aliphatic carbocycles. The number of rotatable bonds is 7. The molecule has 0 fully saturated rings. The van der Waals surface area contributed by atoms with Gasteiger partial charge in [0.25, 0.3) is 0 Å². The van der Waals surface area contributed by atoms with Crippen molar-refractivity contribution in [3.05, 3.63) is 78.1 Å². The molecule has 0 saturated carbocycles. The molecule has 11 nitrogen and oxygen atoms in total. The third-order valence-corrected chi connectivity index (χ3v) is 7.49. The van der Waals surface area contributed by atoms with Crippen LogP contribution in [0.1, 0.15) is 24.5 Å². The quantitative estimate of drug-likeness (QED) is 0.353. The van der Waals surface area contributed by atoms with E-state index in [1.807, 2.05) is 54.6 Å². The van der Waals surface area contributed by atoms with Crippen molar-refractivity contribution in [1.82, 2.24) is 25.4 Å². The largest absolute Gasteiger partial charge is 0.496 e. The van der Waals surface area contributed by atoms with Gasteiger partial charge in [0.1, 0.15) is 17.8 Å². The van der Waals surface area contributed by atoms with Gasteiger partial charge in [-0.2, -0.15) is 5.10 Å². The molecule has 11 heteroatoms. The van der Waals surface area contributed by atoms with Gasteiger partial charge in [-0.3, -0.25) is 14.5 Å². The molecule has 0 spiro atoms. The monoisotopic (exact) mass is 554 g/mol. The number of carbonyl (C=O) groups is 3. The van der Waals surface area contributed by atoms with Gasteiger partial charge in [0.05, 0.1) is 19.9 Å². The van der Waals surface area contributed by atoms with E-state index >= 15 is 0 Å². The van der Waals surface area contributed by atoms with Gasteiger partial charge < -0.3 is 20.1 Å². The van der Waals surface area contributed by atoms with Crippen molar-refractivity contribution >= 4 is 34.4 Å². The second-order valence-corrected chi connectivity index (χ2v) is 9.87. The number of hydrogen-bond donors (Lipinski definition) is 2. The van der Waals surface area contributed by atoms with E-state index in [2.05, 4.69) is 20.5 Å². The van der Waals surface area contributed by atoms with Gasteiger partial charge in [-0.15, -0.1) is 5.10 Å². The molecular weight excluding hydrogens is 524 g/mol. The van der Waals surface area contributed by atoms with Gasteiger partial charge in [-0.1, -0.05) is 36.4 Å². The maximum Gasteiger partial charge on any atom is 0.407 e. The highest BCUT2D eigenvalue weighted by Gasteiger charge is 2.34. The minimum Gasteiger partial charge on any atom is -0.496 e. The van der Waals surface area contributed by atoms with Crippen molar-refractivity contribution in [2.45, 2.75) is 38.4 Å². The Balaban J connectivity index is 1.52. The SMILES string of the molecule is COc1ccc2cc(-c3nccnn3)ccc2c1CN1C(=O)[C@@H](NC(=O)[C@H](C)N(C)C(=O)O)CCc2ccccc21. The highest BCUT2D eigenvalue weighted by atomic mass is 16.5. The number of carbonyl (C=O) groups excluding carboxylic acids is 2. The Labute approximate surface area is 236 Å². The molecule has 1 aromatic heterocycles. The zero-order valence-corrected chi connectivity index (χ0v) is 22.9. The molecule has 3 aromatic carbocycles. The van der Waals surface area contributed by atoms with E-state index in [0.29, 0.717) is 24.4 Å². The van der Waals surface area contributed by atoms with Crippen molar-refractivity contribution in [1.29, 1.82) is 0 Å². The first kappa shape index (κ1) is 27.5. The second kappa shape index (κ2) is 11.6. The summed E-state index contributed by atoms with van der Waals surface area (Å²) in [6.07, 6.45) is 2.82. The number of carboxylic acid groups (broad SMARTS) is 1. The molecule has 1 aliphatic heterocycles. The van der Waals surface area contributed by atoms with Gasteiger partial charge in [0.15, 0.2) is 5.82 Å². The molecule has 2 heterocycles. The zero-order valence-electron chi connectivity index (χ0n) is 22.9. The smallest absolute Gasteiger partial charge is 0.407 e. The van der Waals surface area contributed by atoms with E-state index in [4.69, 9.17) is 4.74 Å². The Kier molecular flexibility index (Phi) is 7.77. The maximum atomic E-state index is 14.1. The van der Waals surface area contributed by atoms with Crippen LogP contribution in [-0.4, -0.2) is 69.3 Å². The number of anilines is 1. The summed E-state index contributed by atoms with van der Waals surface area (Å²) >= 11 is 0. The van der Waals surface area contributed by atoms with Crippen LogP contribution >= 0.6 is 0 Å².